The van der Waals surface area contributed by atoms with Crippen LogP contribution in [0.1, 0.15) is 36.0 Å². The summed E-state index contributed by atoms with van der Waals surface area (Å²) in [6.45, 7) is 0. The summed E-state index contributed by atoms with van der Waals surface area (Å²) in [5.41, 5.74) is -0.416. The Morgan fingerprint density at radius 1 is 1.29 bits per heavy atom. The van der Waals surface area contributed by atoms with Gasteiger partial charge in [-0.05, 0) is 25.7 Å². The van der Waals surface area contributed by atoms with Crippen molar-refractivity contribution in [3.8, 4) is 5.88 Å². The Bertz CT molecular complexity index is 587. The highest BCUT2D eigenvalue weighted by molar-refractivity contribution is 5.94. The van der Waals surface area contributed by atoms with Crippen LogP contribution in [0.25, 0.3) is 0 Å². The molecule has 1 aromatic rings. The van der Waals surface area contributed by atoms with E-state index in [1.54, 1.807) is 0 Å². The van der Waals surface area contributed by atoms with Crippen LogP contribution in [-0.2, 0) is 9.53 Å². The second kappa shape index (κ2) is 6.43. The number of hydrogen-bond acceptors (Lipinski definition) is 5. The number of methoxy groups -OCH3 is 1. The summed E-state index contributed by atoms with van der Waals surface area (Å²) in [6, 6.07) is 2.30. The molecular weight excluding hydrogens is 276 g/mol. The van der Waals surface area contributed by atoms with Crippen LogP contribution in [-0.4, -0.2) is 35.1 Å². The summed E-state index contributed by atoms with van der Waals surface area (Å²) in [5.74, 6) is -1.06. The Kier molecular flexibility index (Phi) is 4.62. The van der Waals surface area contributed by atoms with E-state index in [1.165, 1.54) is 13.2 Å². The fraction of sp³-hybridized carbons (Fsp3) is 0.500. The number of H-pyrrole nitrogens is 1. The molecule has 0 radical (unpaired) electrons. The molecule has 0 spiro atoms. The average molecular weight is 294 g/mol. The number of ether oxygens (including phenoxy) is 1. The molecule has 21 heavy (non-hydrogen) atoms. The number of amides is 1. The van der Waals surface area contributed by atoms with E-state index in [-0.39, 0.29) is 29.4 Å². The van der Waals surface area contributed by atoms with Crippen LogP contribution in [0.4, 0.5) is 0 Å². The highest BCUT2D eigenvalue weighted by Crippen LogP contribution is 2.25. The highest BCUT2D eigenvalue weighted by atomic mass is 16.5. The molecule has 1 heterocycles. The first-order valence-electron chi connectivity index (χ1n) is 6.81. The number of hydrogen-bond donors (Lipinski definition) is 3. The molecule has 3 N–H and O–H groups in total. The number of carbonyl (C=O) groups is 2. The van der Waals surface area contributed by atoms with Gasteiger partial charge >= 0.3 is 5.97 Å². The third kappa shape index (κ3) is 3.84. The standard InChI is InChI=1S/C14H18N2O5/c1-21-14(20)8-2-4-10(5-3-8)15-13(19)9-6-11(17)16-12(18)7-9/h6-8,10H,2-5H2,1H3,(H,15,19)(H2,16,17,18). The van der Waals surface area contributed by atoms with E-state index in [2.05, 4.69) is 10.3 Å². The van der Waals surface area contributed by atoms with E-state index in [4.69, 9.17) is 4.74 Å². The molecule has 1 aliphatic rings. The first kappa shape index (κ1) is 15.1. The molecule has 7 nitrogen and oxygen atoms in total. The third-order valence-corrected chi connectivity index (χ3v) is 3.69. The van der Waals surface area contributed by atoms with Gasteiger partial charge in [-0.2, -0.15) is 0 Å². The predicted molar refractivity (Wildman–Crippen MR) is 74.0 cm³/mol. The summed E-state index contributed by atoms with van der Waals surface area (Å²) in [6.07, 6.45) is 2.69. The minimum atomic E-state index is -0.533. The molecule has 2 rings (SSSR count). The zero-order chi connectivity index (χ0) is 15.4. The van der Waals surface area contributed by atoms with Gasteiger partial charge in [-0.25, -0.2) is 0 Å². The smallest absolute Gasteiger partial charge is 0.308 e. The van der Waals surface area contributed by atoms with Crippen LogP contribution in [0.3, 0.4) is 0 Å². The summed E-state index contributed by atoms with van der Waals surface area (Å²) in [7, 11) is 1.37. The van der Waals surface area contributed by atoms with Gasteiger partial charge in [0.1, 0.15) is 0 Å². The third-order valence-electron chi connectivity index (χ3n) is 3.69. The SMILES string of the molecule is COC(=O)C1CCC(NC(=O)c2cc(O)[nH]c(=O)c2)CC1. The minimum absolute atomic E-state index is 0.0418. The van der Waals surface area contributed by atoms with Crippen molar-refractivity contribution >= 4 is 11.9 Å². The Hall–Kier alpha value is -2.31. The maximum absolute atomic E-state index is 12.0. The molecular formula is C14H18N2O5. The van der Waals surface area contributed by atoms with Gasteiger partial charge in [0.2, 0.25) is 0 Å². The van der Waals surface area contributed by atoms with Crippen LogP contribution in [0, 0.1) is 5.92 Å². The van der Waals surface area contributed by atoms with Crippen LogP contribution >= 0.6 is 0 Å². The van der Waals surface area contributed by atoms with E-state index in [0.29, 0.717) is 25.7 Å². The van der Waals surface area contributed by atoms with Crippen LogP contribution in [0.15, 0.2) is 16.9 Å². The fourth-order valence-corrected chi connectivity index (χ4v) is 2.57. The molecule has 1 amide bonds. The topological polar surface area (TPSA) is 108 Å². The monoisotopic (exact) mass is 294 g/mol. The van der Waals surface area contributed by atoms with Gasteiger partial charge in [0.25, 0.3) is 11.5 Å². The van der Waals surface area contributed by atoms with Gasteiger partial charge in [0.15, 0.2) is 5.88 Å². The molecule has 0 saturated heterocycles. The summed E-state index contributed by atoms with van der Waals surface area (Å²) >= 11 is 0. The first-order chi connectivity index (χ1) is 9.99. The molecule has 0 aliphatic heterocycles. The normalized spacial score (nSPS) is 21.6. The van der Waals surface area contributed by atoms with Gasteiger partial charge in [-0.15, -0.1) is 0 Å². The molecule has 114 valence electrons. The Morgan fingerprint density at radius 2 is 1.95 bits per heavy atom. The van der Waals surface area contributed by atoms with Gasteiger partial charge in [0, 0.05) is 18.2 Å². The lowest BCUT2D eigenvalue weighted by Crippen LogP contribution is -2.39. The maximum atomic E-state index is 12.0. The maximum Gasteiger partial charge on any atom is 0.308 e. The number of esters is 1. The second-order valence-electron chi connectivity index (χ2n) is 5.16. The molecule has 0 bridgehead atoms. The Morgan fingerprint density at radius 3 is 2.52 bits per heavy atom. The number of carbonyl (C=O) groups excluding carboxylic acids is 2. The van der Waals surface area contributed by atoms with Crippen LogP contribution < -0.4 is 10.9 Å². The molecule has 1 fully saturated rings. The second-order valence-corrected chi connectivity index (χ2v) is 5.16. The molecule has 1 aliphatic carbocycles. The van der Waals surface area contributed by atoms with Crippen molar-refractivity contribution in [3.63, 3.8) is 0 Å². The van der Waals surface area contributed by atoms with Crippen molar-refractivity contribution in [1.82, 2.24) is 10.3 Å². The fourth-order valence-electron chi connectivity index (χ4n) is 2.57. The lowest BCUT2D eigenvalue weighted by atomic mass is 9.86. The van der Waals surface area contributed by atoms with Crippen molar-refractivity contribution in [1.29, 1.82) is 0 Å². The lowest BCUT2D eigenvalue weighted by Gasteiger charge is -2.27. The number of nitrogens with one attached hydrogen (secondary N) is 2. The molecule has 1 aromatic heterocycles. The lowest BCUT2D eigenvalue weighted by molar-refractivity contribution is -0.146. The number of aromatic nitrogens is 1. The summed E-state index contributed by atoms with van der Waals surface area (Å²) in [5, 5.41) is 12.1. The van der Waals surface area contributed by atoms with Crippen molar-refractivity contribution in [2.75, 3.05) is 7.11 Å². The Balaban J connectivity index is 1.92. The largest absolute Gasteiger partial charge is 0.494 e. The van der Waals surface area contributed by atoms with E-state index >= 15 is 0 Å². The van der Waals surface area contributed by atoms with E-state index in [0.717, 1.165) is 6.07 Å². The molecule has 0 unspecified atom stereocenters. The number of aromatic hydroxyl groups is 1. The van der Waals surface area contributed by atoms with Crippen molar-refractivity contribution in [3.05, 3.63) is 28.0 Å². The highest BCUT2D eigenvalue weighted by Gasteiger charge is 2.27. The number of aromatic amines is 1. The van der Waals surface area contributed by atoms with Crippen molar-refractivity contribution in [2.24, 2.45) is 5.92 Å². The Labute approximate surface area is 121 Å². The molecule has 0 aromatic carbocycles. The van der Waals surface area contributed by atoms with E-state index < -0.39 is 11.5 Å². The summed E-state index contributed by atoms with van der Waals surface area (Å²) < 4.78 is 4.71. The van der Waals surface area contributed by atoms with Gasteiger partial charge in [-0.3, -0.25) is 19.4 Å². The zero-order valence-electron chi connectivity index (χ0n) is 11.7. The van der Waals surface area contributed by atoms with Crippen molar-refractivity contribution in [2.45, 2.75) is 31.7 Å². The quantitative estimate of drug-likeness (QED) is 0.705. The zero-order valence-corrected chi connectivity index (χ0v) is 11.7. The minimum Gasteiger partial charge on any atom is -0.494 e. The predicted octanol–water partition coefficient (Wildman–Crippen LogP) is 0.542. The van der Waals surface area contributed by atoms with E-state index in [1.807, 2.05) is 0 Å². The van der Waals surface area contributed by atoms with Gasteiger partial charge in [0.05, 0.1) is 18.6 Å². The number of rotatable bonds is 3. The van der Waals surface area contributed by atoms with E-state index in [9.17, 15) is 19.5 Å². The van der Waals surface area contributed by atoms with Gasteiger partial charge in [-0.1, -0.05) is 0 Å². The number of pyridine rings is 1. The van der Waals surface area contributed by atoms with Crippen LogP contribution in [0.5, 0.6) is 5.88 Å². The molecule has 7 heteroatoms. The average Bonchev–Trinajstić information content (AvgIpc) is 2.46. The van der Waals surface area contributed by atoms with Gasteiger partial charge < -0.3 is 15.2 Å². The first-order valence-corrected chi connectivity index (χ1v) is 6.81. The van der Waals surface area contributed by atoms with Crippen molar-refractivity contribution < 1.29 is 19.4 Å². The molecule has 1 saturated carbocycles. The molecule has 0 atom stereocenters. The van der Waals surface area contributed by atoms with Crippen LogP contribution in [0.2, 0.25) is 0 Å². The summed E-state index contributed by atoms with van der Waals surface area (Å²) in [4.78, 5) is 36.8.